The molecule has 1 aliphatic heterocycles. The Morgan fingerprint density at radius 1 is 1.27 bits per heavy atom. The zero-order valence-electron chi connectivity index (χ0n) is 13.4. The molecule has 5 heteroatoms. The highest BCUT2D eigenvalue weighted by Crippen LogP contribution is 2.29. The van der Waals surface area contributed by atoms with Crippen molar-refractivity contribution >= 4 is 15.7 Å². The van der Waals surface area contributed by atoms with Gasteiger partial charge in [-0.3, -0.25) is 4.79 Å². The van der Waals surface area contributed by atoms with Gasteiger partial charge in [-0.05, 0) is 17.9 Å². The van der Waals surface area contributed by atoms with Crippen molar-refractivity contribution in [3.8, 4) is 0 Å². The van der Waals surface area contributed by atoms with Crippen LogP contribution in [0.2, 0.25) is 0 Å². The Balaban J connectivity index is 2.11. The number of rotatable bonds is 4. The number of carbonyl (C=O) groups excluding carboxylic acids is 1. The summed E-state index contributed by atoms with van der Waals surface area (Å²) in [6, 6.07) is 9.33. The molecule has 0 N–H and O–H groups in total. The predicted molar refractivity (Wildman–Crippen MR) is 88.2 cm³/mol. The topological polar surface area (TPSA) is 54.5 Å². The van der Waals surface area contributed by atoms with E-state index in [9.17, 15) is 13.2 Å². The summed E-state index contributed by atoms with van der Waals surface area (Å²) in [5.41, 5.74) is 0.832. The van der Waals surface area contributed by atoms with Gasteiger partial charge in [0.1, 0.15) is 0 Å². The van der Waals surface area contributed by atoms with Crippen molar-refractivity contribution in [2.75, 3.05) is 18.8 Å². The Morgan fingerprint density at radius 2 is 1.95 bits per heavy atom. The third-order valence-electron chi connectivity index (χ3n) is 4.48. The van der Waals surface area contributed by atoms with Crippen LogP contribution < -0.4 is 0 Å². The summed E-state index contributed by atoms with van der Waals surface area (Å²) in [5.74, 6) is 0.481. The van der Waals surface area contributed by atoms with Crippen molar-refractivity contribution < 1.29 is 13.2 Å². The molecule has 2 unspecified atom stereocenters. The first kappa shape index (κ1) is 17.0. The number of benzene rings is 1. The molecule has 1 aromatic carbocycles. The fourth-order valence-electron chi connectivity index (χ4n) is 2.81. The molecule has 1 fully saturated rings. The van der Waals surface area contributed by atoms with Gasteiger partial charge in [0.15, 0.2) is 9.84 Å². The lowest BCUT2D eigenvalue weighted by Crippen LogP contribution is -2.34. The van der Waals surface area contributed by atoms with Crippen LogP contribution in [0.5, 0.6) is 0 Å². The molecule has 1 amide bonds. The molecule has 1 saturated heterocycles. The third kappa shape index (κ3) is 4.09. The van der Waals surface area contributed by atoms with Crippen LogP contribution in [0.3, 0.4) is 0 Å². The van der Waals surface area contributed by atoms with E-state index in [0.29, 0.717) is 31.8 Å². The second kappa shape index (κ2) is 7.27. The average Bonchev–Trinajstić information content (AvgIpc) is 2.66. The van der Waals surface area contributed by atoms with Crippen molar-refractivity contribution in [2.45, 2.75) is 38.4 Å². The van der Waals surface area contributed by atoms with E-state index in [1.54, 1.807) is 4.90 Å². The van der Waals surface area contributed by atoms with Crippen molar-refractivity contribution in [1.29, 1.82) is 0 Å². The van der Waals surface area contributed by atoms with Crippen molar-refractivity contribution in [1.82, 2.24) is 4.90 Å². The van der Waals surface area contributed by atoms with Gasteiger partial charge in [0.2, 0.25) is 5.91 Å². The summed E-state index contributed by atoms with van der Waals surface area (Å²) in [5, 5.41) is -0.491. The van der Waals surface area contributed by atoms with E-state index >= 15 is 0 Å². The highest BCUT2D eigenvalue weighted by molar-refractivity contribution is 7.91. The largest absolute Gasteiger partial charge is 0.342 e. The van der Waals surface area contributed by atoms with E-state index in [2.05, 4.69) is 13.8 Å². The Labute approximate surface area is 133 Å². The van der Waals surface area contributed by atoms with Crippen LogP contribution in [-0.4, -0.2) is 38.1 Å². The number of hydrogen-bond acceptors (Lipinski definition) is 3. The molecule has 1 aliphatic rings. The van der Waals surface area contributed by atoms with Crippen molar-refractivity contribution in [3.05, 3.63) is 35.9 Å². The number of hydrogen-bond donors (Lipinski definition) is 0. The summed E-state index contributed by atoms with van der Waals surface area (Å²) < 4.78 is 25.0. The van der Waals surface area contributed by atoms with E-state index < -0.39 is 15.1 Å². The molecule has 0 bridgehead atoms. The van der Waals surface area contributed by atoms with Gasteiger partial charge in [-0.2, -0.15) is 0 Å². The van der Waals surface area contributed by atoms with E-state index in [4.69, 9.17) is 0 Å². The first-order valence-corrected chi connectivity index (χ1v) is 9.70. The first-order valence-electron chi connectivity index (χ1n) is 7.98. The van der Waals surface area contributed by atoms with Crippen molar-refractivity contribution in [2.24, 2.45) is 5.92 Å². The Kier molecular flexibility index (Phi) is 5.62. The van der Waals surface area contributed by atoms with Gasteiger partial charge in [0.25, 0.3) is 0 Å². The van der Waals surface area contributed by atoms with Gasteiger partial charge in [-0.15, -0.1) is 0 Å². The molecule has 22 heavy (non-hydrogen) atoms. The van der Waals surface area contributed by atoms with Gasteiger partial charge in [0, 0.05) is 19.5 Å². The molecular weight excluding hydrogens is 298 g/mol. The standard InChI is InChI=1S/C17H25NO3S/c1-3-14(2)13-17(19)18-10-9-16(22(20,21)12-11-18)15-7-5-4-6-8-15/h4-8,14,16H,3,9-13H2,1-2H3. The van der Waals surface area contributed by atoms with Gasteiger partial charge in [0.05, 0.1) is 11.0 Å². The van der Waals surface area contributed by atoms with Crippen LogP contribution in [0.1, 0.15) is 43.9 Å². The second-order valence-electron chi connectivity index (χ2n) is 6.15. The van der Waals surface area contributed by atoms with E-state index in [-0.39, 0.29) is 11.7 Å². The van der Waals surface area contributed by atoms with Crippen LogP contribution in [0.4, 0.5) is 0 Å². The fraction of sp³-hybridized carbons (Fsp3) is 0.588. The minimum atomic E-state index is -3.21. The molecule has 2 rings (SSSR count). The molecule has 0 aliphatic carbocycles. The first-order chi connectivity index (χ1) is 10.4. The minimum Gasteiger partial charge on any atom is -0.342 e. The van der Waals surface area contributed by atoms with E-state index in [1.165, 1.54) is 0 Å². The molecule has 122 valence electrons. The average molecular weight is 323 g/mol. The third-order valence-corrected chi connectivity index (χ3v) is 6.61. The van der Waals surface area contributed by atoms with Gasteiger partial charge in [-0.25, -0.2) is 8.42 Å². The van der Waals surface area contributed by atoms with E-state index in [0.717, 1.165) is 12.0 Å². The summed E-state index contributed by atoms with van der Waals surface area (Å²) in [6.45, 7) is 4.96. The molecule has 0 spiro atoms. The smallest absolute Gasteiger partial charge is 0.222 e. The lowest BCUT2D eigenvalue weighted by atomic mass is 10.0. The maximum atomic E-state index is 12.5. The normalized spacial score (nSPS) is 22.8. The van der Waals surface area contributed by atoms with Crippen LogP contribution in [0, 0.1) is 5.92 Å². The van der Waals surface area contributed by atoms with Crippen LogP contribution >= 0.6 is 0 Å². The summed E-state index contributed by atoms with van der Waals surface area (Å²) >= 11 is 0. The summed E-state index contributed by atoms with van der Waals surface area (Å²) in [4.78, 5) is 14.0. The number of sulfone groups is 1. The molecule has 1 aromatic rings. The fourth-order valence-corrected chi connectivity index (χ4v) is 4.60. The SMILES string of the molecule is CCC(C)CC(=O)N1CCC(c2ccccc2)S(=O)(=O)CC1. The Morgan fingerprint density at radius 3 is 2.59 bits per heavy atom. The Hall–Kier alpha value is -1.36. The molecule has 0 radical (unpaired) electrons. The Bertz CT molecular complexity index is 598. The zero-order valence-corrected chi connectivity index (χ0v) is 14.2. The second-order valence-corrected chi connectivity index (χ2v) is 8.46. The molecule has 0 saturated carbocycles. The minimum absolute atomic E-state index is 0.0544. The summed E-state index contributed by atoms with van der Waals surface area (Å²) in [6.07, 6.45) is 1.95. The molecule has 0 aromatic heterocycles. The van der Waals surface area contributed by atoms with Gasteiger partial charge in [-0.1, -0.05) is 50.6 Å². The monoisotopic (exact) mass is 323 g/mol. The maximum absolute atomic E-state index is 12.5. The lowest BCUT2D eigenvalue weighted by molar-refractivity contribution is -0.131. The highest BCUT2D eigenvalue weighted by Gasteiger charge is 2.32. The quantitative estimate of drug-likeness (QED) is 0.856. The van der Waals surface area contributed by atoms with E-state index in [1.807, 2.05) is 30.3 Å². The highest BCUT2D eigenvalue weighted by atomic mass is 32.2. The van der Waals surface area contributed by atoms with Crippen LogP contribution in [-0.2, 0) is 14.6 Å². The molecule has 4 nitrogen and oxygen atoms in total. The maximum Gasteiger partial charge on any atom is 0.222 e. The van der Waals surface area contributed by atoms with Crippen molar-refractivity contribution in [3.63, 3.8) is 0 Å². The molecule has 1 heterocycles. The van der Waals surface area contributed by atoms with Crippen LogP contribution in [0.25, 0.3) is 0 Å². The summed E-state index contributed by atoms with van der Waals surface area (Å²) in [7, 11) is -3.21. The predicted octanol–water partition coefficient (Wildman–Crippen LogP) is 2.81. The lowest BCUT2D eigenvalue weighted by Gasteiger charge is -2.21. The molecule has 2 atom stereocenters. The van der Waals surface area contributed by atoms with Gasteiger partial charge < -0.3 is 4.90 Å². The van der Waals surface area contributed by atoms with Crippen LogP contribution in [0.15, 0.2) is 30.3 Å². The van der Waals surface area contributed by atoms with Gasteiger partial charge >= 0.3 is 0 Å². The number of nitrogens with zero attached hydrogens (tertiary/aromatic N) is 1. The number of amides is 1. The zero-order chi connectivity index (χ0) is 16.2. The molecular formula is C17H25NO3S. The number of carbonyl (C=O) groups is 1.